The number of carbonyl (C=O) groups is 1. The van der Waals surface area contributed by atoms with Crippen molar-refractivity contribution in [3.05, 3.63) is 0 Å². The Kier molecular flexibility index (Phi) is 32.4. The number of aliphatic carboxylic acids is 1. The number of carboxylic acids is 1. The summed E-state index contributed by atoms with van der Waals surface area (Å²) in [5.74, 6) is -0.833. The van der Waals surface area contributed by atoms with Crippen molar-refractivity contribution in [2.75, 3.05) is 0 Å². The van der Waals surface area contributed by atoms with E-state index in [9.17, 15) is 0 Å². The van der Waals surface area contributed by atoms with E-state index in [0.29, 0.717) is 0 Å². The molecule has 0 heterocycles. The van der Waals surface area contributed by atoms with E-state index < -0.39 is 21.1 Å². The Morgan fingerprint density at radius 1 is 1.75 bits per heavy atom. The Hall–Kier alpha value is 1.67. The molecule has 2 nitrogen and oxygen atoms in total. The quantitative estimate of drug-likeness (QED) is 0.509. The fraction of sp³-hybridized carbons (Fsp3) is 0.500. The summed E-state index contributed by atoms with van der Waals surface area (Å²) < 4.78 is 0. The van der Waals surface area contributed by atoms with Crippen molar-refractivity contribution in [1.29, 1.82) is 0 Å². The van der Waals surface area contributed by atoms with Crippen molar-refractivity contribution < 1.29 is 56.0 Å². The van der Waals surface area contributed by atoms with Crippen molar-refractivity contribution in [2.45, 2.75) is 6.92 Å². The van der Waals surface area contributed by atoms with Crippen LogP contribution < -0.4 is 29.6 Å². The molecule has 0 aromatic heterocycles. The van der Waals surface area contributed by atoms with Crippen molar-refractivity contribution in [1.82, 2.24) is 0 Å². The van der Waals surface area contributed by atoms with Crippen molar-refractivity contribution in [2.24, 2.45) is 0 Å². The molecule has 0 saturated carbocycles. The van der Waals surface area contributed by atoms with Gasteiger partial charge in [-0.2, -0.15) is 0 Å². The number of carboxylic acid groups (broad SMARTS) is 1. The van der Waals surface area contributed by atoms with Gasteiger partial charge in [0.05, 0.1) is 0 Å². The van der Waals surface area contributed by atoms with Gasteiger partial charge in [0.15, 0.2) is 0 Å². The molecular weight excluding hydrogens is 215 g/mol. The van der Waals surface area contributed by atoms with Crippen molar-refractivity contribution >= 4 is 25.4 Å². The van der Waals surface area contributed by atoms with Gasteiger partial charge in [-0.05, 0) is 0 Å². The summed E-state index contributed by atoms with van der Waals surface area (Å²) in [5.41, 5.74) is 0. The summed E-state index contributed by atoms with van der Waals surface area (Å²) >= 11 is -0.931. The SMILES string of the molecule is CC(=O)O.[Cl][Zn][Cl].[H-].[Na+]. The van der Waals surface area contributed by atoms with Crippen LogP contribution in [-0.2, 0) is 19.9 Å². The monoisotopic (exact) mass is 218 g/mol. The topological polar surface area (TPSA) is 37.3 Å². The third-order valence-corrected chi connectivity index (χ3v) is 0. The summed E-state index contributed by atoms with van der Waals surface area (Å²) in [5, 5.41) is 7.42. The van der Waals surface area contributed by atoms with Crippen LogP contribution in [0.4, 0.5) is 0 Å². The zero-order valence-electron chi connectivity index (χ0n) is 5.82. The summed E-state index contributed by atoms with van der Waals surface area (Å²) in [6.45, 7) is 1.08. The van der Waals surface area contributed by atoms with Gasteiger partial charge in [-0.3, -0.25) is 4.79 Å². The van der Waals surface area contributed by atoms with E-state index >= 15 is 0 Å². The standard InChI is InChI=1S/C2H4O2.2ClH.Na.Zn.H/c1-2(3)4;;;;;/h1H3,(H,3,4);2*1H;;;/q;;;+1;+2;-1/p-2. The Bertz CT molecular complexity index is 53.8. The van der Waals surface area contributed by atoms with Crippen LogP contribution in [-0.4, -0.2) is 11.1 Å². The molecule has 0 aromatic rings. The molecule has 0 radical (unpaired) electrons. The second kappa shape index (κ2) is 15.9. The van der Waals surface area contributed by atoms with Crippen LogP contribution in [0.3, 0.4) is 0 Å². The Morgan fingerprint density at radius 2 is 1.75 bits per heavy atom. The minimum absolute atomic E-state index is 0. The van der Waals surface area contributed by atoms with E-state index in [4.69, 9.17) is 29.3 Å². The fourth-order valence-corrected chi connectivity index (χ4v) is 0. The van der Waals surface area contributed by atoms with Crippen LogP contribution in [0.1, 0.15) is 8.35 Å². The predicted molar refractivity (Wildman–Crippen MR) is 26.1 cm³/mol. The van der Waals surface area contributed by atoms with Crippen molar-refractivity contribution in [3.8, 4) is 0 Å². The maximum Gasteiger partial charge on any atom is 1.00 e. The number of hydrogen-bond donors (Lipinski definition) is 1. The van der Waals surface area contributed by atoms with Gasteiger partial charge in [0.1, 0.15) is 0 Å². The first-order valence-corrected chi connectivity index (χ1v) is 9.26. The predicted octanol–water partition coefficient (Wildman–Crippen LogP) is -1.42. The molecule has 6 heteroatoms. The smallest absolute Gasteiger partial charge is 1.00 e. The molecule has 0 atom stereocenters. The third kappa shape index (κ3) is 122. The largest absolute Gasteiger partial charge is 1.00 e. The Balaban J connectivity index is -0.0000000233. The van der Waals surface area contributed by atoms with Gasteiger partial charge >= 0.3 is 64.1 Å². The molecule has 0 aliphatic rings. The zero-order chi connectivity index (χ0) is 6.28. The molecule has 42 valence electrons. The van der Waals surface area contributed by atoms with Crippen LogP contribution in [0.15, 0.2) is 0 Å². The van der Waals surface area contributed by atoms with Crippen LogP contribution in [0.5, 0.6) is 0 Å². The third-order valence-electron chi connectivity index (χ3n) is 0. The second-order valence-electron chi connectivity index (χ2n) is 0.620. The molecule has 0 unspecified atom stereocenters. The van der Waals surface area contributed by atoms with E-state index in [1.54, 1.807) is 0 Å². The first kappa shape index (κ1) is 16.3. The van der Waals surface area contributed by atoms with Gasteiger partial charge in [0.25, 0.3) is 5.97 Å². The second-order valence-corrected chi connectivity index (χ2v) is 5.24. The average Bonchev–Trinajstić information content (AvgIpc) is 1.33. The molecule has 0 bridgehead atoms. The van der Waals surface area contributed by atoms with Gasteiger partial charge in [-0.25, -0.2) is 0 Å². The molecule has 0 fully saturated rings. The summed E-state index contributed by atoms with van der Waals surface area (Å²) in [6, 6.07) is 0. The fourth-order valence-electron chi connectivity index (χ4n) is 0. The average molecular weight is 220 g/mol. The normalized spacial score (nSPS) is 4.38. The zero-order valence-corrected chi connectivity index (χ0v) is 11.3. The molecule has 0 saturated heterocycles. The van der Waals surface area contributed by atoms with Crippen LogP contribution in [0.25, 0.3) is 0 Å². The van der Waals surface area contributed by atoms with Gasteiger partial charge in [0, 0.05) is 6.92 Å². The Morgan fingerprint density at radius 3 is 1.75 bits per heavy atom. The number of hydrogen-bond acceptors (Lipinski definition) is 1. The maximum atomic E-state index is 9.00. The molecular formula is C2H5Cl2NaO2Zn. The summed E-state index contributed by atoms with van der Waals surface area (Å²) in [6.07, 6.45) is 0. The molecule has 0 amide bonds. The van der Waals surface area contributed by atoms with E-state index in [1.165, 1.54) is 0 Å². The molecule has 0 rings (SSSR count). The van der Waals surface area contributed by atoms with Gasteiger partial charge in [-0.1, -0.05) is 0 Å². The molecule has 1 N–H and O–H groups in total. The van der Waals surface area contributed by atoms with Gasteiger partial charge in [0.2, 0.25) is 0 Å². The number of rotatable bonds is 0. The van der Waals surface area contributed by atoms with Crippen LogP contribution in [0, 0.1) is 0 Å². The van der Waals surface area contributed by atoms with E-state index in [-0.39, 0.29) is 31.0 Å². The maximum absolute atomic E-state index is 9.00. The van der Waals surface area contributed by atoms with E-state index in [1.807, 2.05) is 0 Å². The van der Waals surface area contributed by atoms with Crippen LogP contribution in [0.2, 0.25) is 0 Å². The molecule has 0 aliphatic carbocycles. The van der Waals surface area contributed by atoms with E-state index in [0.717, 1.165) is 6.92 Å². The van der Waals surface area contributed by atoms with Crippen LogP contribution >= 0.6 is 19.4 Å². The van der Waals surface area contributed by atoms with Crippen molar-refractivity contribution in [3.63, 3.8) is 0 Å². The summed E-state index contributed by atoms with van der Waals surface area (Å²) in [4.78, 5) is 9.00. The molecule has 0 aromatic carbocycles. The minimum Gasteiger partial charge on any atom is -1.00 e. The first-order valence-electron chi connectivity index (χ1n) is 1.46. The number of halogens is 2. The van der Waals surface area contributed by atoms with Gasteiger partial charge in [-0.15, -0.1) is 0 Å². The Labute approximate surface area is 87.4 Å². The summed E-state index contributed by atoms with van der Waals surface area (Å²) in [7, 11) is 9.90. The first-order chi connectivity index (χ1) is 3.15. The molecule has 0 aliphatic heterocycles. The van der Waals surface area contributed by atoms with Gasteiger partial charge < -0.3 is 6.53 Å². The molecule has 8 heavy (non-hydrogen) atoms. The molecule has 0 spiro atoms. The van der Waals surface area contributed by atoms with E-state index in [2.05, 4.69) is 0 Å². The minimum atomic E-state index is -0.931.